The Kier molecular flexibility index (Phi) is 4.69. The molecule has 0 spiro atoms. The third kappa shape index (κ3) is 7.52. The fraction of sp³-hybridized carbons (Fsp3) is 0.750. The number of hydrogen-bond acceptors (Lipinski definition) is 4. The minimum absolute atomic E-state index is 0.264. The highest BCUT2D eigenvalue weighted by molar-refractivity contribution is 6.72. The summed E-state index contributed by atoms with van der Waals surface area (Å²) in [5.74, 6) is -0.563. The summed E-state index contributed by atoms with van der Waals surface area (Å²) < 4.78 is 9.89. The van der Waals surface area contributed by atoms with E-state index in [1.807, 2.05) is 13.1 Å². The Morgan fingerprint density at radius 2 is 1.69 bits per heavy atom. The van der Waals surface area contributed by atoms with Gasteiger partial charge in [-0.1, -0.05) is 0 Å². The maximum absolute atomic E-state index is 10.7. The van der Waals surface area contributed by atoms with Crippen LogP contribution in [0.15, 0.2) is 0 Å². The van der Waals surface area contributed by atoms with Crippen LogP contribution in [0.3, 0.4) is 0 Å². The van der Waals surface area contributed by atoms with Gasteiger partial charge in [0.2, 0.25) is 0 Å². The van der Waals surface area contributed by atoms with Crippen LogP contribution >= 0.6 is 0 Å². The first kappa shape index (κ1) is 12.2. The molecule has 0 N–H and O–H groups in total. The fourth-order valence-electron chi connectivity index (χ4n) is 0.881. The third-order valence-corrected chi connectivity index (χ3v) is 3.68. The number of carbonyl (C=O) groups is 2. The van der Waals surface area contributed by atoms with Gasteiger partial charge in [-0.2, -0.15) is 0 Å². The molecule has 0 unspecified atom stereocenters. The van der Waals surface area contributed by atoms with Gasteiger partial charge in [0, 0.05) is 19.9 Å². The lowest BCUT2D eigenvalue weighted by molar-refractivity contribution is -0.140. The molecule has 0 aliphatic heterocycles. The highest BCUT2D eigenvalue weighted by Gasteiger charge is 2.25. The number of esters is 1. The second-order valence-corrected chi connectivity index (χ2v) is 7.67. The average molecular weight is 204 g/mol. The standard InChI is InChI=1S/C8H16O4Si/c1-7(9)11-5-6-13(3,4)12-8(2)10/h5-6H2,1-4H3. The highest BCUT2D eigenvalue weighted by Crippen LogP contribution is 2.11. The maximum Gasteiger partial charge on any atom is 0.302 e. The second-order valence-electron chi connectivity index (χ2n) is 3.44. The highest BCUT2D eigenvalue weighted by atomic mass is 28.4. The summed E-state index contributed by atoms with van der Waals surface area (Å²) in [6.07, 6.45) is 0. The zero-order valence-corrected chi connectivity index (χ0v) is 9.55. The molecule has 0 aromatic heterocycles. The summed E-state index contributed by atoms with van der Waals surface area (Å²) in [4.78, 5) is 21.1. The van der Waals surface area contributed by atoms with Gasteiger partial charge >= 0.3 is 5.97 Å². The van der Waals surface area contributed by atoms with E-state index in [0.29, 0.717) is 12.7 Å². The number of carbonyl (C=O) groups excluding carboxylic acids is 2. The summed E-state index contributed by atoms with van der Waals surface area (Å²) in [5, 5.41) is 0. The normalized spacial score (nSPS) is 10.8. The Morgan fingerprint density at radius 1 is 1.15 bits per heavy atom. The van der Waals surface area contributed by atoms with Crippen molar-refractivity contribution in [2.75, 3.05) is 6.61 Å². The first-order valence-corrected chi connectivity index (χ1v) is 7.28. The van der Waals surface area contributed by atoms with Gasteiger partial charge in [-0.15, -0.1) is 0 Å². The van der Waals surface area contributed by atoms with Crippen molar-refractivity contribution in [3.63, 3.8) is 0 Å². The Bertz CT molecular complexity index is 200. The topological polar surface area (TPSA) is 52.6 Å². The molecule has 0 bridgehead atoms. The van der Waals surface area contributed by atoms with E-state index < -0.39 is 8.32 Å². The van der Waals surface area contributed by atoms with Gasteiger partial charge in [0.25, 0.3) is 14.3 Å². The lowest BCUT2D eigenvalue weighted by Gasteiger charge is -2.21. The van der Waals surface area contributed by atoms with Crippen LogP contribution in [0.2, 0.25) is 19.1 Å². The molecule has 0 heterocycles. The molecule has 0 saturated carbocycles. The van der Waals surface area contributed by atoms with E-state index in [-0.39, 0.29) is 11.9 Å². The van der Waals surface area contributed by atoms with Crippen LogP contribution in [0.5, 0.6) is 0 Å². The van der Waals surface area contributed by atoms with Gasteiger partial charge in [0.1, 0.15) is 0 Å². The van der Waals surface area contributed by atoms with Crippen molar-refractivity contribution in [2.24, 2.45) is 0 Å². The largest absolute Gasteiger partial charge is 0.520 e. The molecular weight excluding hydrogens is 188 g/mol. The average Bonchev–Trinajstić information content (AvgIpc) is 1.81. The van der Waals surface area contributed by atoms with E-state index in [1.165, 1.54) is 13.8 Å². The summed E-state index contributed by atoms with van der Waals surface area (Å²) in [7, 11) is -1.96. The monoisotopic (exact) mass is 204 g/mol. The van der Waals surface area contributed by atoms with E-state index >= 15 is 0 Å². The number of rotatable bonds is 4. The van der Waals surface area contributed by atoms with Gasteiger partial charge < -0.3 is 9.16 Å². The molecule has 0 atom stereocenters. The van der Waals surface area contributed by atoms with Crippen LogP contribution in [0.1, 0.15) is 13.8 Å². The fourth-order valence-corrected chi connectivity index (χ4v) is 2.35. The Labute approximate surface area is 79.3 Å². The second kappa shape index (κ2) is 5.01. The van der Waals surface area contributed by atoms with E-state index in [0.717, 1.165) is 0 Å². The molecule has 0 radical (unpaired) electrons. The molecule has 0 aromatic rings. The van der Waals surface area contributed by atoms with E-state index in [1.54, 1.807) is 0 Å². The minimum atomic E-state index is -1.96. The van der Waals surface area contributed by atoms with Gasteiger partial charge in [-0.05, 0) is 13.1 Å². The summed E-state index contributed by atoms with van der Waals surface area (Å²) >= 11 is 0. The van der Waals surface area contributed by atoms with Crippen LogP contribution in [0, 0.1) is 0 Å². The van der Waals surface area contributed by atoms with Crippen LogP contribution in [-0.2, 0) is 18.8 Å². The molecule has 0 rings (SSSR count). The van der Waals surface area contributed by atoms with Crippen LogP contribution < -0.4 is 0 Å². The van der Waals surface area contributed by atoms with E-state index in [4.69, 9.17) is 9.16 Å². The summed E-state index contributed by atoms with van der Waals surface area (Å²) in [6.45, 7) is 6.92. The van der Waals surface area contributed by atoms with E-state index in [9.17, 15) is 9.59 Å². The molecule has 0 aliphatic carbocycles. The Hall–Kier alpha value is -0.843. The predicted molar refractivity (Wildman–Crippen MR) is 50.7 cm³/mol. The van der Waals surface area contributed by atoms with E-state index in [2.05, 4.69) is 0 Å². The molecule has 0 aromatic carbocycles. The van der Waals surface area contributed by atoms with Gasteiger partial charge in [0.15, 0.2) is 0 Å². The van der Waals surface area contributed by atoms with Crippen molar-refractivity contribution in [1.82, 2.24) is 0 Å². The maximum atomic E-state index is 10.7. The van der Waals surface area contributed by atoms with Gasteiger partial charge in [-0.3, -0.25) is 9.59 Å². The predicted octanol–water partition coefficient (Wildman–Crippen LogP) is 1.32. The van der Waals surface area contributed by atoms with Crippen molar-refractivity contribution in [3.05, 3.63) is 0 Å². The van der Waals surface area contributed by atoms with Crippen molar-refractivity contribution in [1.29, 1.82) is 0 Å². The molecule has 0 fully saturated rings. The van der Waals surface area contributed by atoms with Crippen molar-refractivity contribution in [2.45, 2.75) is 33.0 Å². The molecule has 76 valence electrons. The molecule has 0 amide bonds. The molecule has 5 heteroatoms. The third-order valence-electron chi connectivity index (χ3n) is 1.43. The molecular formula is C8H16O4Si. The van der Waals surface area contributed by atoms with Crippen LogP contribution in [-0.4, -0.2) is 26.9 Å². The smallest absolute Gasteiger partial charge is 0.302 e. The Balaban J connectivity index is 3.75. The van der Waals surface area contributed by atoms with Gasteiger partial charge in [-0.25, -0.2) is 0 Å². The molecule has 0 aliphatic rings. The SMILES string of the molecule is CC(=O)OCC[Si](C)(C)OC(C)=O. The van der Waals surface area contributed by atoms with Crippen LogP contribution in [0.25, 0.3) is 0 Å². The molecule has 0 saturated heterocycles. The Morgan fingerprint density at radius 3 is 2.08 bits per heavy atom. The zero-order valence-electron chi connectivity index (χ0n) is 8.55. The molecule has 13 heavy (non-hydrogen) atoms. The summed E-state index contributed by atoms with van der Waals surface area (Å²) in [5.41, 5.74) is 0. The van der Waals surface area contributed by atoms with Crippen LogP contribution in [0.4, 0.5) is 0 Å². The molecule has 4 nitrogen and oxygen atoms in total. The quantitative estimate of drug-likeness (QED) is 0.512. The van der Waals surface area contributed by atoms with Crippen molar-refractivity contribution < 1.29 is 18.8 Å². The lowest BCUT2D eigenvalue weighted by atomic mass is 10.8. The first-order chi connectivity index (χ1) is 5.83. The lowest BCUT2D eigenvalue weighted by Crippen LogP contribution is -2.33. The van der Waals surface area contributed by atoms with Crippen molar-refractivity contribution >= 4 is 20.3 Å². The van der Waals surface area contributed by atoms with Gasteiger partial charge in [0.05, 0.1) is 6.61 Å². The number of hydrogen-bond donors (Lipinski definition) is 0. The number of ether oxygens (including phenoxy) is 1. The summed E-state index contributed by atoms with van der Waals surface area (Å²) in [6, 6.07) is 0.645. The first-order valence-electron chi connectivity index (χ1n) is 4.16. The zero-order chi connectivity index (χ0) is 10.5. The van der Waals surface area contributed by atoms with Crippen molar-refractivity contribution in [3.8, 4) is 0 Å². The minimum Gasteiger partial charge on any atom is -0.520 e.